The quantitative estimate of drug-likeness (QED) is 0.720. The van der Waals surface area contributed by atoms with E-state index in [1.165, 1.54) is 11.1 Å². The van der Waals surface area contributed by atoms with Gasteiger partial charge >= 0.3 is 0 Å². The number of hydrogen-bond acceptors (Lipinski definition) is 1. The molecule has 0 amide bonds. The molecule has 0 N–H and O–H groups in total. The fraction of sp³-hybridized carbons (Fsp3) is 0.600. The fourth-order valence-corrected chi connectivity index (χ4v) is 2.74. The van der Waals surface area contributed by atoms with Crippen LogP contribution in [0, 0.1) is 0 Å². The second-order valence-electron chi connectivity index (χ2n) is 5.47. The molecule has 0 aliphatic rings. The molecule has 0 aromatic heterocycles. The molecule has 0 bridgehead atoms. The monoisotopic (exact) mass is 298 g/mol. The van der Waals surface area contributed by atoms with Gasteiger partial charge in [-0.2, -0.15) is 0 Å². The Balaban J connectivity index is 3.24. The maximum absolute atomic E-state index is 5.48. The van der Waals surface area contributed by atoms with E-state index in [2.05, 4.69) is 61.8 Å². The van der Waals surface area contributed by atoms with Crippen LogP contribution in [0.3, 0.4) is 0 Å². The molecule has 17 heavy (non-hydrogen) atoms. The van der Waals surface area contributed by atoms with E-state index in [9.17, 15) is 0 Å². The number of hydrogen-bond donors (Lipinski definition) is 0. The molecule has 96 valence electrons. The predicted octanol–water partition coefficient (Wildman–Crippen LogP) is 4.88. The lowest BCUT2D eigenvalue weighted by Gasteiger charge is -2.23. The summed E-state index contributed by atoms with van der Waals surface area (Å²) in [5, 5.41) is 0.980. The average molecular weight is 299 g/mol. The van der Waals surface area contributed by atoms with Crippen molar-refractivity contribution >= 4 is 15.9 Å². The number of alkyl halides is 1. The molecule has 1 aromatic rings. The van der Waals surface area contributed by atoms with Crippen molar-refractivity contribution in [3.63, 3.8) is 0 Å². The van der Waals surface area contributed by atoms with Crippen LogP contribution in [0.15, 0.2) is 18.2 Å². The first-order valence-corrected chi connectivity index (χ1v) is 7.30. The second kappa shape index (κ2) is 5.90. The van der Waals surface area contributed by atoms with Crippen LogP contribution >= 0.6 is 15.9 Å². The molecule has 0 spiro atoms. The Morgan fingerprint density at radius 1 is 1.29 bits per heavy atom. The Kier molecular flexibility index (Phi) is 5.05. The largest absolute Gasteiger partial charge is 0.496 e. The first-order chi connectivity index (χ1) is 7.93. The Labute approximate surface area is 114 Å². The van der Waals surface area contributed by atoms with Gasteiger partial charge in [-0.15, -0.1) is 0 Å². The molecule has 1 aromatic carbocycles. The first-order valence-electron chi connectivity index (χ1n) is 6.18. The van der Waals surface area contributed by atoms with Crippen molar-refractivity contribution in [2.45, 2.75) is 45.4 Å². The van der Waals surface area contributed by atoms with Crippen molar-refractivity contribution in [2.24, 2.45) is 0 Å². The lowest BCUT2D eigenvalue weighted by molar-refractivity contribution is 0.405. The molecule has 1 rings (SSSR count). The number of benzene rings is 1. The van der Waals surface area contributed by atoms with Gasteiger partial charge in [0.15, 0.2) is 0 Å². The van der Waals surface area contributed by atoms with E-state index < -0.39 is 0 Å². The van der Waals surface area contributed by atoms with Crippen molar-refractivity contribution in [1.29, 1.82) is 0 Å². The highest BCUT2D eigenvalue weighted by atomic mass is 79.9. The highest BCUT2D eigenvalue weighted by Crippen LogP contribution is 2.34. The summed E-state index contributed by atoms with van der Waals surface area (Å²) in [6.45, 7) is 8.95. The highest BCUT2D eigenvalue weighted by Gasteiger charge is 2.19. The Morgan fingerprint density at radius 3 is 2.35 bits per heavy atom. The summed E-state index contributed by atoms with van der Waals surface area (Å²) >= 11 is 3.60. The molecule has 0 saturated heterocycles. The summed E-state index contributed by atoms with van der Waals surface area (Å²) < 4.78 is 5.48. The number of methoxy groups -OCH3 is 1. The van der Waals surface area contributed by atoms with Gasteiger partial charge in [0, 0.05) is 5.33 Å². The minimum atomic E-state index is 0.186. The maximum Gasteiger partial charge on any atom is 0.122 e. The maximum atomic E-state index is 5.48. The standard InChI is InChI=1S/C15H23BrO/c1-6-11(10-16)13-9-12(15(2,3)4)7-8-14(13)17-5/h7-9,11H,6,10H2,1-5H3. The van der Waals surface area contributed by atoms with Crippen LogP contribution in [0.4, 0.5) is 0 Å². The van der Waals surface area contributed by atoms with E-state index in [1.807, 2.05) is 0 Å². The normalized spacial score (nSPS) is 13.5. The highest BCUT2D eigenvalue weighted by molar-refractivity contribution is 9.09. The van der Waals surface area contributed by atoms with Crippen LogP contribution in [0.1, 0.15) is 51.2 Å². The molecule has 1 unspecified atom stereocenters. The van der Waals surface area contributed by atoms with Gasteiger partial charge in [-0.1, -0.05) is 55.8 Å². The molecule has 0 fully saturated rings. The molecule has 2 heteroatoms. The molecule has 0 heterocycles. The lowest BCUT2D eigenvalue weighted by atomic mass is 9.84. The van der Waals surface area contributed by atoms with E-state index >= 15 is 0 Å². The SMILES string of the molecule is CCC(CBr)c1cc(C(C)(C)C)ccc1OC. The van der Waals surface area contributed by atoms with Gasteiger partial charge in [0.2, 0.25) is 0 Å². The van der Waals surface area contributed by atoms with Gasteiger partial charge in [-0.25, -0.2) is 0 Å². The van der Waals surface area contributed by atoms with E-state index in [-0.39, 0.29) is 5.41 Å². The predicted molar refractivity (Wildman–Crippen MR) is 78.5 cm³/mol. The van der Waals surface area contributed by atoms with Crippen LogP contribution in [0.25, 0.3) is 0 Å². The van der Waals surface area contributed by atoms with Crippen molar-refractivity contribution in [2.75, 3.05) is 12.4 Å². The van der Waals surface area contributed by atoms with Crippen molar-refractivity contribution in [1.82, 2.24) is 0 Å². The van der Waals surface area contributed by atoms with Gasteiger partial charge in [0.05, 0.1) is 7.11 Å². The van der Waals surface area contributed by atoms with E-state index in [1.54, 1.807) is 7.11 Å². The van der Waals surface area contributed by atoms with Gasteiger partial charge in [-0.05, 0) is 34.9 Å². The summed E-state index contributed by atoms with van der Waals surface area (Å²) in [6.07, 6.45) is 1.12. The van der Waals surface area contributed by atoms with Crippen LogP contribution in [0.5, 0.6) is 5.75 Å². The van der Waals surface area contributed by atoms with Crippen molar-refractivity contribution in [3.05, 3.63) is 29.3 Å². The third kappa shape index (κ3) is 3.48. The number of halogens is 1. The van der Waals surface area contributed by atoms with E-state index in [0.717, 1.165) is 17.5 Å². The van der Waals surface area contributed by atoms with E-state index in [4.69, 9.17) is 4.74 Å². The zero-order valence-electron chi connectivity index (χ0n) is 11.5. The van der Waals surface area contributed by atoms with Crippen LogP contribution in [0.2, 0.25) is 0 Å². The summed E-state index contributed by atoms with van der Waals surface area (Å²) in [4.78, 5) is 0. The smallest absolute Gasteiger partial charge is 0.122 e. The molecule has 0 saturated carbocycles. The Morgan fingerprint density at radius 2 is 1.94 bits per heavy atom. The average Bonchev–Trinajstić information content (AvgIpc) is 2.29. The molecular formula is C15H23BrO. The fourth-order valence-electron chi connectivity index (χ4n) is 1.93. The molecule has 0 aliphatic heterocycles. The number of ether oxygens (including phenoxy) is 1. The third-order valence-electron chi connectivity index (χ3n) is 3.21. The van der Waals surface area contributed by atoms with Crippen molar-refractivity contribution in [3.8, 4) is 5.75 Å². The lowest BCUT2D eigenvalue weighted by Crippen LogP contribution is -2.13. The summed E-state index contributed by atoms with van der Waals surface area (Å²) in [5.41, 5.74) is 2.87. The molecular weight excluding hydrogens is 276 g/mol. The zero-order chi connectivity index (χ0) is 13.1. The minimum Gasteiger partial charge on any atom is -0.496 e. The topological polar surface area (TPSA) is 9.23 Å². The second-order valence-corrected chi connectivity index (χ2v) is 6.11. The van der Waals surface area contributed by atoms with Crippen LogP contribution in [-0.4, -0.2) is 12.4 Å². The first kappa shape index (κ1) is 14.6. The summed E-state index contributed by atoms with van der Waals surface area (Å²) in [5.74, 6) is 1.52. The Hall–Kier alpha value is -0.500. The zero-order valence-corrected chi connectivity index (χ0v) is 13.1. The molecule has 0 radical (unpaired) electrons. The van der Waals surface area contributed by atoms with Gasteiger partial charge in [0.25, 0.3) is 0 Å². The van der Waals surface area contributed by atoms with Crippen LogP contribution in [-0.2, 0) is 5.41 Å². The Bertz CT molecular complexity index is 362. The molecule has 1 nitrogen and oxygen atoms in total. The van der Waals surface area contributed by atoms with Gasteiger partial charge < -0.3 is 4.74 Å². The van der Waals surface area contributed by atoms with Crippen LogP contribution < -0.4 is 4.74 Å². The number of rotatable bonds is 4. The molecule has 0 aliphatic carbocycles. The molecule has 1 atom stereocenters. The summed E-state index contributed by atoms with van der Waals surface area (Å²) in [6, 6.07) is 6.57. The summed E-state index contributed by atoms with van der Waals surface area (Å²) in [7, 11) is 1.75. The van der Waals surface area contributed by atoms with Crippen molar-refractivity contribution < 1.29 is 4.74 Å². The third-order valence-corrected chi connectivity index (χ3v) is 4.00. The minimum absolute atomic E-state index is 0.186. The van der Waals surface area contributed by atoms with Gasteiger partial charge in [-0.3, -0.25) is 0 Å². The van der Waals surface area contributed by atoms with E-state index in [0.29, 0.717) is 5.92 Å². The van der Waals surface area contributed by atoms with Gasteiger partial charge in [0.1, 0.15) is 5.75 Å².